The van der Waals surface area contributed by atoms with Gasteiger partial charge in [0.15, 0.2) is 0 Å². The molecule has 132 valence electrons. The number of allylic oxidation sites excluding steroid dienone is 4. The normalized spacial score (nSPS) is 19.9. The van der Waals surface area contributed by atoms with Gasteiger partial charge in [-0.15, -0.1) is 0 Å². The highest BCUT2D eigenvalue weighted by Crippen LogP contribution is 2.20. The zero-order valence-corrected chi connectivity index (χ0v) is 14.9. The van der Waals surface area contributed by atoms with E-state index in [-0.39, 0.29) is 0 Å². The Morgan fingerprint density at radius 2 is 2.08 bits per heavy atom. The van der Waals surface area contributed by atoms with Gasteiger partial charge in [-0.25, -0.2) is 0 Å². The number of nitrogens with one attached hydrogen (secondary N) is 3. The van der Waals surface area contributed by atoms with Gasteiger partial charge >= 0.3 is 0 Å². The second kappa shape index (κ2) is 8.08. The molecule has 25 heavy (non-hydrogen) atoms. The zero-order chi connectivity index (χ0) is 17.6. The molecule has 4 heteroatoms. The topological polar surface area (TPSA) is 62.1 Å². The number of hydrogen-bond acceptors (Lipinski definition) is 4. The van der Waals surface area contributed by atoms with Crippen molar-refractivity contribution in [2.24, 2.45) is 5.73 Å². The molecular formula is C21H28N4. The maximum Gasteiger partial charge on any atom is 0.0442 e. The number of dihydropyridines is 1. The van der Waals surface area contributed by atoms with Crippen molar-refractivity contribution in [3.05, 3.63) is 58.6 Å². The molecule has 5 N–H and O–H groups in total. The van der Waals surface area contributed by atoms with Gasteiger partial charge in [-0.3, -0.25) is 0 Å². The molecule has 0 bridgehead atoms. The van der Waals surface area contributed by atoms with Crippen molar-refractivity contribution in [2.45, 2.75) is 25.8 Å². The predicted octanol–water partition coefficient (Wildman–Crippen LogP) is 1.40. The van der Waals surface area contributed by atoms with E-state index in [4.69, 9.17) is 5.73 Å². The molecule has 1 aromatic rings. The van der Waals surface area contributed by atoms with E-state index in [2.05, 4.69) is 53.7 Å². The van der Waals surface area contributed by atoms with E-state index < -0.39 is 0 Å². The largest absolute Gasteiger partial charge is 0.404 e. The molecule has 2 aliphatic heterocycles. The van der Waals surface area contributed by atoms with Crippen molar-refractivity contribution in [2.75, 3.05) is 25.0 Å². The SMILES string of the molecule is C=C/C=c1/cc(C2=CCNC(C)=C2)cc(NC2CCNCC2)/c1=C/N. The molecule has 0 aromatic heterocycles. The Bertz CT molecular complexity index is 811. The van der Waals surface area contributed by atoms with Crippen molar-refractivity contribution >= 4 is 23.5 Å². The average molecular weight is 336 g/mol. The molecule has 0 spiro atoms. The molecule has 0 amide bonds. The van der Waals surface area contributed by atoms with Gasteiger partial charge in [0.25, 0.3) is 0 Å². The Morgan fingerprint density at radius 3 is 2.76 bits per heavy atom. The first kappa shape index (κ1) is 17.4. The zero-order valence-electron chi connectivity index (χ0n) is 14.9. The minimum atomic E-state index is 0.478. The Balaban J connectivity index is 2.07. The van der Waals surface area contributed by atoms with Crippen molar-refractivity contribution in [1.82, 2.24) is 10.6 Å². The fourth-order valence-electron chi connectivity index (χ4n) is 3.47. The molecule has 2 heterocycles. The van der Waals surface area contributed by atoms with Crippen LogP contribution in [-0.2, 0) is 0 Å². The van der Waals surface area contributed by atoms with E-state index in [9.17, 15) is 0 Å². The van der Waals surface area contributed by atoms with Crippen molar-refractivity contribution in [1.29, 1.82) is 0 Å². The van der Waals surface area contributed by atoms with Crippen molar-refractivity contribution in [3.63, 3.8) is 0 Å². The molecule has 1 saturated heterocycles. The van der Waals surface area contributed by atoms with E-state index in [0.717, 1.165) is 48.6 Å². The number of rotatable bonds is 4. The number of benzene rings is 1. The quantitative estimate of drug-likeness (QED) is 0.671. The second-order valence-corrected chi connectivity index (χ2v) is 6.63. The monoisotopic (exact) mass is 336 g/mol. The Labute approximate surface area is 149 Å². The van der Waals surface area contributed by atoms with Crippen LogP contribution in [0.15, 0.2) is 42.6 Å². The molecule has 0 radical (unpaired) electrons. The van der Waals surface area contributed by atoms with Crippen LogP contribution in [0, 0.1) is 0 Å². The summed E-state index contributed by atoms with van der Waals surface area (Å²) < 4.78 is 0. The molecule has 0 atom stereocenters. The van der Waals surface area contributed by atoms with Crippen LogP contribution in [0.25, 0.3) is 17.8 Å². The summed E-state index contributed by atoms with van der Waals surface area (Å²) in [5.41, 5.74) is 10.7. The maximum absolute atomic E-state index is 5.97. The number of anilines is 1. The van der Waals surface area contributed by atoms with Gasteiger partial charge in [0, 0.05) is 35.4 Å². The molecule has 1 aromatic carbocycles. The maximum atomic E-state index is 5.97. The first-order chi connectivity index (χ1) is 12.2. The molecule has 4 nitrogen and oxygen atoms in total. The fraction of sp³-hybridized carbons (Fsp3) is 0.333. The third-order valence-corrected chi connectivity index (χ3v) is 4.78. The summed E-state index contributed by atoms with van der Waals surface area (Å²) in [7, 11) is 0. The smallest absolute Gasteiger partial charge is 0.0442 e. The van der Waals surface area contributed by atoms with Gasteiger partial charge in [0.05, 0.1) is 0 Å². The summed E-state index contributed by atoms with van der Waals surface area (Å²) in [5.74, 6) is 0. The Hall–Kier alpha value is -2.46. The second-order valence-electron chi connectivity index (χ2n) is 6.63. The number of nitrogens with two attached hydrogens (primary N) is 1. The van der Waals surface area contributed by atoms with Gasteiger partial charge in [0.1, 0.15) is 0 Å². The van der Waals surface area contributed by atoms with E-state index in [1.807, 2.05) is 12.2 Å². The average Bonchev–Trinajstić information content (AvgIpc) is 2.63. The third-order valence-electron chi connectivity index (χ3n) is 4.78. The van der Waals surface area contributed by atoms with E-state index in [1.54, 1.807) is 6.20 Å². The van der Waals surface area contributed by atoms with Crippen LogP contribution in [0.5, 0.6) is 0 Å². The third kappa shape index (κ3) is 4.15. The highest BCUT2D eigenvalue weighted by atomic mass is 15.0. The summed E-state index contributed by atoms with van der Waals surface area (Å²) in [6.45, 7) is 8.93. The van der Waals surface area contributed by atoms with Crippen LogP contribution < -0.4 is 32.1 Å². The molecule has 0 aliphatic carbocycles. The van der Waals surface area contributed by atoms with E-state index in [0.29, 0.717) is 6.04 Å². The molecule has 0 unspecified atom stereocenters. The predicted molar refractivity (Wildman–Crippen MR) is 108 cm³/mol. The van der Waals surface area contributed by atoms with Crippen LogP contribution in [0.2, 0.25) is 0 Å². The molecular weight excluding hydrogens is 308 g/mol. The van der Waals surface area contributed by atoms with Crippen LogP contribution in [0.1, 0.15) is 25.3 Å². The Morgan fingerprint density at radius 1 is 1.28 bits per heavy atom. The number of piperidine rings is 1. The number of hydrogen-bond donors (Lipinski definition) is 4. The molecule has 0 saturated carbocycles. The van der Waals surface area contributed by atoms with Gasteiger partial charge in [0.2, 0.25) is 0 Å². The molecule has 2 aliphatic rings. The van der Waals surface area contributed by atoms with Gasteiger partial charge in [-0.05, 0) is 67.4 Å². The summed E-state index contributed by atoms with van der Waals surface area (Å²) >= 11 is 0. The lowest BCUT2D eigenvalue weighted by molar-refractivity contribution is 0.479. The first-order valence-corrected chi connectivity index (χ1v) is 9.00. The van der Waals surface area contributed by atoms with Gasteiger partial charge in [-0.1, -0.05) is 24.8 Å². The van der Waals surface area contributed by atoms with E-state index in [1.165, 1.54) is 16.8 Å². The highest BCUT2D eigenvalue weighted by molar-refractivity contribution is 5.78. The van der Waals surface area contributed by atoms with Gasteiger partial charge in [-0.2, -0.15) is 0 Å². The summed E-state index contributed by atoms with van der Waals surface area (Å²) in [5, 5.41) is 12.6. The minimum Gasteiger partial charge on any atom is -0.404 e. The van der Waals surface area contributed by atoms with Crippen molar-refractivity contribution in [3.8, 4) is 0 Å². The first-order valence-electron chi connectivity index (χ1n) is 9.00. The minimum absolute atomic E-state index is 0.478. The fourth-order valence-corrected chi connectivity index (χ4v) is 3.47. The molecule has 1 fully saturated rings. The van der Waals surface area contributed by atoms with Gasteiger partial charge < -0.3 is 21.7 Å². The summed E-state index contributed by atoms with van der Waals surface area (Å²) in [6.07, 6.45) is 12.2. The highest BCUT2D eigenvalue weighted by Gasteiger charge is 2.14. The van der Waals surface area contributed by atoms with Crippen LogP contribution in [0.3, 0.4) is 0 Å². The Kier molecular flexibility index (Phi) is 5.61. The lowest BCUT2D eigenvalue weighted by atomic mass is 9.98. The van der Waals surface area contributed by atoms with Crippen LogP contribution >= 0.6 is 0 Å². The van der Waals surface area contributed by atoms with Crippen LogP contribution in [0.4, 0.5) is 5.69 Å². The summed E-state index contributed by atoms with van der Waals surface area (Å²) in [4.78, 5) is 0. The summed E-state index contributed by atoms with van der Waals surface area (Å²) in [6, 6.07) is 4.89. The lowest BCUT2D eigenvalue weighted by Gasteiger charge is -2.25. The lowest BCUT2D eigenvalue weighted by Crippen LogP contribution is -2.38. The van der Waals surface area contributed by atoms with Crippen LogP contribution in [-0.4, -0.2) is 25.7 Å². The molecule has 3 rings (SSSR count). The van der Waals surface area contributed by atoms with Crippen molar-refractivity contribution < 1.29 is 0 Å². The standard InChI is InChI=1S/C21H28N4/c1-3-4-17-12-18(16-5-10-24-15(2)11-16)13-21(20(17)14-22)25-19-6-8-23-9-7-19/h3-5,11-14,19,23-25H,1,6-10,22H2,2H3/b17-4-,20-14+. The van der Waals surface area contributed by atoms with E-state index >= 15 is 0 Å².